The molecule has 1 aromatic carbocycles. The number of carbonyl (C=O) groups excluding carboxylic acids is 2. The maximum Gasteiger partial charge on any atom is 0.405 e. The lowest BCUT2D eigenvalue weighted by molar-refractivity contribution is -0.124. The van der Waals surface area contributed by atoms with E-state index in [2.05, 4.69) is 15.2 Å². The van der Waals surface area contributed by atoms with Crippen LogP contribution in [0.25, 0.3) is 11.4 Å². The van der Waals surface area contributed by atoms with Gasteiger partial charge in [0.15, 0.2) is 5.82 Å². The van der Waals surface area contributed by atoms with E-state index >= 15 is 0 Å². The number of urea groups is 1. The largest absolute Gasteiger partial charge is 0.405 e. The number of aromatic nitrogens is 3. The van der Waals surface area contributed by atoms with Gasteiger partial charge in [-0.25, -0.2) is 9.78 Å². The third-order valence-corrected chi connectivity index (χ3v) is 3.39. The lowest BCUT2D eigenvalue weighted by atomic mass is 10.2. The summed E-state index contributed by atoms with van der Waals surface area (Å²) in [4.78, 5) is 26.8. The molecule has 0 saturated heterocycles. The van der Waals surface area contributed by atoms with E-state index in [1.807, 2.05) is 30.3 Å². The van der Waals surface area contributed by atoms with E-state index in [1.165, 1.54) is 5.32 Å². The van der Waals surface area contributed by atoms with Crippen molar-refractivity contribution in [1.29, 1.82) is 0 Å². The molecule has 0 aliphatic heterocycles. The van der Waals surface area contributed by atoms with Gasteiger partial charge in [0.2, 0.25) is 11.1 Å². The number of carbonyl (C=O) groups is 2. The summed E-state index contributed by atoms with van der Waals surface area (Å²) in [7, 11) is 0. The standard InChI is InChI=1S/C13H12F3N5O2S/c14-13(15,16)7-17-11(23)18-9(22)6-24-12-19-10(20-21-12)8-4-2-1-3-5-8/h1-5H,6-7H2,(H,19,20,21)(H2,17,18,22,23). The van der Waals surface area contributed by atoms with E-state index in [4.69, 9.17) is 0 Å². The number of aromatic amines is 1. The quantitative estimate of drug-likeness (QED) is 0.709. The minimum absolute atomic E-state index is 0.217. The van der Waals surface area contributed by atoms with Crippen molar-refractivity contribution >= 4 is 23.7 Å². The lowest BCUT2D eigenvalue weighted by Crippen LogP contribution is -2.43. The number of alkyl halides is 3. The number of thioether (sulfide) groups is 1. The fourth-order valence-corrected chi connectivity index (χ4v) is 2.15. The second kappa shape index (κ2) is 7.81. The molecule has 24 heavy (non-hydrogen) atoms. The Hall–Kier alpha value is -2.56. The average molecular weight is 359 g/mol. The van der Waals surface area contributed by atoms with Crippen LogP contribution in [0.3, 0.4) is 0 Å². The van der Waals surface area contributed by atoms with Crippen LogP contribution >= 0.6 is 11.8 Å². The molecular formula is C13H12F3N5O2S. The molecule has 1 heterocycles. The number of imide groups is 1. The Labute approximate surface area is 138 Å². The first-order valence-corrected chi connectivity index (χ1v) is 7.57. The van der Waals surface area contributed by atoms with E-state index in [-0.39, 0.29) is 10.9 Å². The summed E-state index contributed by atoms with van der Waals surface area (Å²) in [5, 5.41) is 10.2. The number of nitrogens with zero attached hydrogens (tertiary/aromatic N) is 2. The van der Waals surface area contributed by atoms with Crippen LogP contribution < -0.4 is 10.6 Å². The fourth-order valence-electron chi connectivity index (χ4n) is 1.55. The maximum atomic E-state index is 11.9. The molecular weight excluding hydrogens is 347 g/mol. The predicted molar refractivity (Wildman–Crippen MR) is 80.1 cm³/mol. The van der Waals surface area contributed by atoms with Crippen molar-refractivity contribution < 1.29 is 22.8 Å². The Kier molecular flexibility index (Phi) is 5.79. The number of H-pyrrole nitrogens is 1. The van der Waals surface area contributed by atoms with Crippen LogP contribution in [0.2, 0.25) is 0 Å². The summed E-state index contributed by atoms with van der Waals surface area (Å²) in [5.74, 6) is -0.460. The van der Waals surface area contributed by atoms with Crippen molar-refractivity contribution in [1.82, 2.24) is 25.8 Å². The Morgan fingerprint density at radius 2 is 1.92 bits per heavy atom. The van der Waals surface area contributed by atoms with Crippen LogP contribution in [0.4, 0.5) is 18.0 Å². The number of halogens is 3. The predicted octanol–water partition coefficient (Wildman–Crippen LogP) is 1.95. The molecule has 0 fully saturated rings. The second-order valence-electron chi connectivity index (χ2n) is 4.47. The molecule has 1 aromatic heterocycles. The molecule has 11 heteroatoms. The van der Waals surface area contributed by atoms with E-state index in [0.717, 1.165) is 17.3 Å². The summed E-state index contributed by atoms with van der Waals surface area (Å²) in [6.45, 7) is -1.51. The zero-order valence-electron chi connectivity index (χ0n) is 12.1. The number of benzene rings is 1. The van der Waals surface area contributed by atoms with Gasteiger partial charge in [-0.3, -0.25) is 15.2 Å². The van der Waals surface area contributed by atoms with Crippen LogP contribution in [-0.2, 0) is 4.79 Å². The average Bonchev–Trinajstić information content (AvgIpc) is 3.00. The number of nitrogens with one attached hydrogen (secondary N) is 3. The topological polar surface area (TPSA) is 99.8 Å². The second-order valence-corrected chi connectivity index (χ2v) is 5.41. The van der Waals surface area contributed by atoms with Gasteiger partial charge in [-0.15, -0.1) is 5.10 Å². The maximum absolute atomic E-state index is 11.9. The fraction of sp³-hybridized carbons (Fsp3) is 0.231. The van der Waals surface area contributed by atoms with Crippen LogP contribution in [0, 0.1) is 0 Å². The zero-order chi connectivity index (χ0) is 17.6. The first-order valence-electron chi connectivity index (χ1n) is 6.58. The summed E-state index contributed by atoms with van der Waals surface area (Å²) in [6, 6.07) is 7.95. The molecule has 0 unspecified atom stereocenters. The van der Waals surface area contributed by atoms with Crippen LogP contribution in [0.1, 0.15) is 0 Å². The van der Waals surface area contributed by atoms with Crippen LogP contribution in [0.15, 0.2) is 35.5 Å². The van der Waals surface area contributed by atoms with Gasteiger partial charge in [-0.05, 0) is 0 Å². The van der Waals surface area contributed by atoms with E-state index in [1.54, 1.807) is 5.32 Å². The van der Waals surface area contributed by atoms with Gasteiger partial charge in [0.05, 0.1) is 5.75 Å². The third-order valence-electron chi connectivity index (χ3n) is 2.55. The number of rotatable bonds is 5. The van der Waals surface area contributed by atoms with Crippen molar-refractivity contribution in [3.05, 3.63) is 30.3 Å². The highest BCUT2D eigenvalue weighted by Gasteiger charge is 2.27. The summed E-state index contributed by atoms with van der Waals surface area (Å²) in [6.07, 6.45) is -4.54. The molecule has 0 bridgehead atoms. The van der Waals surface area contributed by atoms with Crippen molar-refractivity contribution in [2.75, 3.05) is 12.3 Å². The minimum atomic E-state index is -4.54. The van der Waals surface area contributed by atoms with Crippen molar-refractivity contribution in [2.45, 2.75) is 11.3 Å². The highest BCUT2D eigenvalue weighted by atomic mass is 32.2. The van der Waals surface area contributed by atoms with Gasteiger partial charge in [0.25, 0.3) is 0 Å². The summed E-state index contributed by atoms with van der Waals surface area (Å²) >= 11 is 0.942. The number of amides is 3. The summed E-state index contributed by atoms with van der Waals surface area (Å²) in [5.41, 5.74) is 0.813. The van der Waals surface area contributed by atoms with Crippen LogP contribution in [-0.4, -0.2) is 45.6 Å². The lowest BCUT2D eigenvalue weighted by Gasteiger charge is -2.08. The van der Waals surface area contributed by atoms with Gasteiger partial charge in [0, 0.05) is 5.56 Å². The molecule has 0 aliphatic carbocycles. The number of hydrogen-bond acceptors (Lipinski definition) is 5. The van der Waals surface area contributed by atoms with Gasteiger partial charge in [0.1, 0.15) is 6.54 Å². The van der Waals surface area contributed by atoms with E-state index in [0.29, 0.717) is 5.82 Å². The SMILES string of the molecule is O=C(CSc1n[nH]c(-c2ccccc2)n1)NC(=O)NCC(F)(F)F. The Balaban J connectivity index is 1.78. The molecule has 0 aliphatic rings. The third kappa shape index (κ3) is 5.91. The molecule has 0 radical (unpaired) electrons. The smallest absolute Gasteiger partial charge is 0.329 e. The van der Waals surface area contributed by atoms with E-state index in [9.17, 15) is 22.8 Å². The Morgan fingerprint density at radius 3 is 2.58 bits per heavy atom. The summed E-state index contributed by atoms with van der Waals surface area (Å²) < 4.78 is 35.7. The normalized spacial score (nSPS) is 11.1. The Bertz CT molecular complexity index is 705. The molecule has 0 saturated carbocycles. The first kappa shape index (κ1) is 17.8. The van der Waals surface area contributed by atoms with Crippen molar-refractivity contribution in [2.24, 2.45) is 0 Å². The molecule has 3 N–H and O–H groups in total. The molecule has 3 amide bonds. The van der Waals surface area contributed by atoms with Gasteiger partial charge >= 0.3 is 12.2 Å². The number of hydrogen-bond donors (Lipinski definition) is 3. The molecule has 7 nitrogen and oxygen atoms in total. The highest BCUT2D eigenvalue weighted by molar-refractivity contribution is 7.99. The highest BCUT2D eigenvalue weighted by Crippen LogP contribution is 2.18. The van der Waals surface area contributed by atoms with Gasteiger partial charge in [-0.2, -0.15) is 13.2 Å². The van der Waals surface area contributed by atoms with Crippen molar-refractivity contribution in [3.8, 4) is 11.4 Å². The Morgan fingerprint density at radius 1 is 1.21 bits per heavy atom. The van der Waals surface area contributed by atoms with Gasteiger partial charge < -0.3 is 5.32 Å². The van der Waals surface area contributed by atoms with Gasteiger partial charge in [-0.1, -0.05) is 42.1 Å². The zero-order valence-corrected chi connectivity index (χ0v) is 12.9. The van der Waals surface area contributed by atoms with E-state index < -0.39 is 24.7 Å². The molecule has 0 atom stereocenters. The minimum Gasteiger partial charge on any atom is -0.329 e. The molecule has 128 valence electrons. The monoisotopic (exact) mass is 359 g/mol. The molecule has 2 rings (SSSR count). The molecule has 2 aromatic rings. The van der Waals surface area contributed by atoms with Crippen molar-refractivity contribution in [3.63, 3.8) is 0 Å². The van der Waals surface area contributed by atoms with Crippen LogP contribution in [0.5, 0.6) is 0 Å². The first-order chi connectivity index (χ1) is 11.3. The molecule has 0 spiro atoms.